The van der Waals surface area contributed by atoms with Crippen molar-refractivity contribution in [1.82, 2.24) is 5.32 Å². The first-order valence-corrected chi connectivity index (χ1v) is 8.09. The van der Waals surface area contributed by atoms with Crippen LogP contribution in [0.25, 0.3) is 0 Å². The van der Waals surface area contributed by atoms with Gasteiger partial charge in [0.05, 0.1) is 6.04 Å². The minimum Gasteiger partial charge on any atom is -0.309 e. The van der Waals surface area contributed by atoms with Crippen molar-refractivity contribution in [3.63, 3.8) is 0 Å². The summed E-state index contributed by atoms with van der Waals surface area (Å²) in [5, 5.41) is 3.42. The first-order chi connectivity index (χ1) is 9.02. The predicted octanol–water partition coefficient (Wildman–Crippen LogP) is 4.98. The number of hydrogen-bond donors (Lipinski definition) is 1. The molecular formula is C16H17BrIN. The van der Waals surface area contributed by atoms with E-state index in [1.807, 2.05) is 7.05 Å². The molecule has 0 aliphatic heterocycles. The third-order valence-corrected chi connectivity index (χ3v) is 4.82. The van der Waals surface area contributed by atoms with Crippen molar-refractivity contribution < 1.29 is 0 Å². The maximum absolute atomic E-state index is 3.66. The van der Waals surface area contributed by atoms with Gasteiger partial charge in [0.15, 0.2) is 0 Å². The van der Waals surface area contributed by atoms with E-state index in [0.717, 1.165) is 4.47 Å². The van der Waals surface area contributed by atoms with Crippen LogP contribution in [0.3, 0.4) is 0 Å². The summed E-state index contributed by atoms with van der Waals surface area (Å²) in [6, 6.07) is 13.3. The minimum absolute atomic E-state index is 0.211. The second-order valence-electron chi connectivity index (χ2n) is 4.73. The summed E-state index contributed by atoms with van der Waals surface area (Å²) in [6.07, 6.45) is 0. The van der Waals surface area contributed by atoms with Crippen molar-refractivity contribution in [2.24, 2.45) is 0 Å². The van der Waals surface area contributed by atoms with Gasteiger partial charge in [-0.05, 0) is 83.9 Å². The molecule has 2 rings (SSSR count). The molecule has 0 saturated heterocycles. The van der Waals surface area contributed by atoms with Gasteiger partial charge in [-0.3, -0.25) is 0 Å². The van der Waals surface area contributed by atoms with Crippen LogP contribution < -0.4 is 5.32 Å². The van der Waals surface area contributed by atoms with E-state index in [1.165, 1.54) is 25.8 Å². The highest BCUT2D eigenvalue weighted by Crippen LogP contribution is 2.30. The third-order valence-electron chi connectivity index (χ3n) is 3.42. The zero-order valence-electron chi connectivity index (χ0n) is 11.3. The number of rotatable bonds is 3. The van der Waals surface area contributed by atoms with Crippen LogP contribution >= 0.6 is 38.5 Å². The summed E-state index contributed by atoms with van der Waals surface area (Å²) in [4.78, 5) is 0. The van der Waals surface area contributed by atoms with Crippen LogP contribution in [0.15, 0.2) is 40.9 Å². The lowest BCUT2D eigenvalue weighted by Gasteiger charge is -2.20. The molecular weight excluding hydrogens is 413 g/mol. The van der Waals surface area contributed by atoms with Gasteiger partial charge in [-0.2, -0.15) is 0 Å². The number of nitrogens with one attached hydrogen (secondary N) is 1. The Hall–Kier alpha value is -0.390. The zero-order chi connectivity index (χ0) is 14.0. The summed E-state index contributed by atoms with van der Waals surface area (Å²) in [6.45, 7) is 4.31. The fourth-order valence-corrected chi connectivity index (χ4v) is 3.17. The molecule has 19 heavy (non-hydrogen) atoms. The average molecular weight is 430 g/mol. The van der Waals surface area contributed by atoms with E-state index in [9.17, 15) is 0 Å². The highest BCUT2D eigenvalue weighted by molar-refractivity contribution is 14.1. The summed E-state index contributed by atoms with van der Waals surface area (Å²) < 4.78 is 2.39. The van der Waals surface area contributed by atoms with Crippen molar-refractivity contribution >= 4 is 38.5 Å². The van der Waals surface area contributed by atoms with E-state index in [-0.39, 0.29) is 6.04 Å². The molecule has 0 aliphatic rings. The molecule has 0 spiro atoms. The molecule has 0 amide bonds. The quantitative estimate of drug-likeness (QED) is 0.678. The van der Waals surface area contributed by atoms with Crippen molar-refractivity contribution in [1.29, 1.82) is 0 Å². The van der Waals surface area contributed by atoms with Crippen molar-refractivity contribution in [3.8, 4) is 0 Å². The number of benzene rings is 2. The Morgan fingerprint density at radius 2 is 1.79 bits per heavy atom. The van der Waals surface area contributed by atoms with E-state index in [4.69, 9.17) is 0 Å². The van der Waals surface area contributed by atoms with Crippen LogP contribution in [0.1, 0.15) is 28.3 Å². The van der Waals surface area contributed by atoms with Gasteiger partial charge in [0.25, 0.3) is 0 Å². The van der Waals surface area contributed by atoms with Gasteiger partial charge in [-0.15, -0.1) is 0 Å². The summed E-state index contributed by atoms with van der Waals surface area (Å²) in [5.41, 5.74) is 5.24. The molecule has 2 aromatic carbocycles. The lowest BCUT2D eigenvalue weighted by atomic mass is 9.96. The molecule has 0 aliphatic carbocycles. The van der Waals surface area contributed by atoms with Crippen LogP contribution in [-0.2, 0) is 0 Å². The monoisotopic (exact) mass is 429 g/mol. The van der Waals surface area contributed by atoms with E-state index < -0.39 is 0 Å². The Bertz CT molecular complexity index is 595. The van der Waals surface area contributed by atoms with Gasteiger partial charge in [-0.1, -0.05) is 34.1 Å². The first kappa shape index (κ1) is 15.0. The molecule has 0 saturated carbocycles. The Morgan fingerprint density at radius 3 is 2.42 bits per heavy atom. The SMILES string of the molecule is CNC(c1ccc(C)c(C)c1)c1cc(I)ccc1Br. The largest absolute Gasteiger partial charge is 0.309 e. The molecule has 0 heterocycles. The Balaban J connectivity index is 2.49. The van der Waals surface area contributed by atoms with E-state index in [1.54, 1.807) is 0 Å². The molecule has 1 N–H and O–H groups in total. The highest BCUT2D eigenvalue weighted by atomic mass is 127. The standard InChI is InChI=1S/C16H17BrIN/c1-10-4-5-12(8-11(10)2)16(19-3)14-9-13(18)6-7-15(14)17/h4-9,16,19H,1-3H3. The predicted molar refractivity (Wildman–Crippen MR) is 93.7 cm³/mol. The number of halogens is 2. The molecule has 100 valence electrons. The van der Waals surface area contributed by atoms with Gasteiger partial charge in [0.2, 0.25) is 0 Å². The lowest BCUT2D eigenvalue weighted by molar-refractivity contribution is 0.687. The fraction of sp³-hybridized carbons (Fsp3) is 0.250. The van der Waals surface area contributed by atoms with Crippen LogP contribution in [-0.4, -0.2) is 7.05 Å². The summed E-state index contributed by atoms with van der Waals surface area (Å²) >= 11 is 6.01. The second kappa shape index (κ2) is 6.37. The van der Waals surface area contributed by atoms with Gasteiger partial charge < -0.3 is 5.32 Å². The second-order valence-corrected chi connectivity index (χ2v) is 6.83. The van der Waals surface area contributed by atoms with Gasteiger partial charge in [-0.25, -0.2) is 0 Å². The average Bonchev–Trinajstić information content (AvgIpc) is 2.38. The van der Waals surface area contributed by atoms with Gasteiger partial charge >= 0.3 is 0 Å². The molecule has 0 aromatic heterocycles. The van der Waals surface area contributed by atoms with Crippen LogP contribution in [0, 0.1) is 17.4 Å². The topological polar surface area (TPSA) is 12.0 Å². The molecule has 3 heteroatoms. The van der Waals surface area contributed by atoms with Crippen LogP contribution in [0.4, 0.5) is 0 Å². The maximum Gasteiger partial charge on any atom is 0.0585 e. The molecule has 2 aromatic rings. The lowest BCUT2D eigenvalue weighted by Crippen LogP contribution is -2.18. The van der Waals surface area contributed by atoms with Gasteiger partial charge in [0.1, 0.15) is 0 Å². The summed E-state index contributed by atoms with van der Waals surface area (Å²) in [7, 11) is 2.01. The number of hydrogen-bond acceptors (Lipinski definition) is 1. The maximum atomic E-state index is 3.66. The Kier molecular flexibility index (Phi) is 5.03. The number of aryl methyl sites for hydroxylation is 2. The minimum atomic E-state index is 0.211. The van der Waals surface area contributed by atoms with Gasteiger partial charge in [0, 0.05) is 8.04 Å². The molecule has 0 bridgehead atoms. The third kappa shape index (κ3) is 3.38. The van der Waals surface area contributed by atoms with E-state index in [0.29, 0.717) is 0 Å². The summed E-state index contributed by atoms with van der Waals surface area (Å²) in [5.74, 6) is 0. The Labute approximate surface area is 137 Å². The molecule has 0 radical (unpaired) electrons. The molecule has 0 fully saturated rings. The molecule has 1 atom stereocenters. The first-order valence-electron chi connectivity index (χ1n) is 6.22. The smallest absolute Gasteiger partial charge is 0.0585 e. The van der Waals surface area contributed by atoms with Crippen molar-refractivity contribution in [2.45, 2.75) is 19.9 Å². The fourth-order valence-electron chi connectivity index (χ4n) is 2.18. The zero-order valence-corrected chi connectivity index (χ0v) is 15.0. The molecule has 1 unspecified atom stereocenters. The van der Waals surface area contributed by atoms with Crippen molar-refractivity contribution in [3.05, 3.63) is 66.7 Å². The molecule has 1 nitrogen and oxygen atoms in total. The highest BCUT2D eigenvalue weighted by Gasteiger charge is 2.15. The van der Waals surface area contributed by atoms with E-state index in [2.05, 4.69) is 94.1 Å². The van der Waals surface area contributed by atoms with Crippen LogP contribution in [0.5, 0.6) is 0 Å². The normalized spacial score (nSPS) is 12.5. The Morgan fingerprint density at radius 1 is 1.05 bits per heavy atom. The van der Waals surface area contributed by atoms with Crippen molar-refractivity contribution in [2.75, 3.05) is 7.05 Å². The van der Waals surface area contributed by atoms with E-state index >= 15 is 0 Å². The van der Waals surface area contributed by atoms with Crippen LogP contribution in [0.2, 0.25) is 0 Å².